The summed E-state index contributed by atoms with van der Waals surface area (Å²) >= 11 is 0. The van der Waals surface area contributed by atoms with Gasteiger partial charge in [0.05, 0.1) is 18.9 Å². The first kappa shape index (κ1) is 14.1. The average Bonchev–Trinajstić information content (AvgIpc) is 2.98. The molecule has 1 atom stereocenters. The molecule has 1 aliphatic heterocycles. The average molecular weight is 265 g/mol. The van der Waals surface area contributed by atoms with Crippen LogP contribution in [0.5, 0.6) is 0 Å². The lowest BCUT2D eigenvalue weighted by atomic mass is 9.94. The van der Waals surface area contributed by atoms with Crippen molar-refractivity contribution in [3.05, 3.63) is 24.2 Å². The highest BCUT2D eigenvalue weighted by Gasteiger charge is 2.30. The summed E-state index contributed by atoms with van der Waals surface area (Å²) < 4.78 is 11.0. The highest BCUT2D eigenvalue weighted by molar-refractivity contribution is 5.81. The Morgan fingerprint density at radius 3 is 2.79 bits per heavy atom. The van der Waals surface area contributed by atoms with Gasteiger partial charge in [0, 0.05) is 18.6 Å². The number of furan rings is 1. The fourth-order valence-corrected chi connectivity index (χ4v) is 2.32. The molecule has 0 aromatic carbocycles. The maximum absolute atomic E-state index is 12.5. The fraction of sp³-hybridized carbons (Fsp3) is 0.667. The van der Waals surface area contributed by atoms with E-state index in [0.29, 0.717) is 13.1 Å². The number of nitrogens with zero attached hydrogens (tertiary/aromatic N) is 1. The standard InChI is InChI=1S/C15H23NO3/c1-15(2,3)14(17)16(10-12-6-4-8-18-12)11-13-7-5-9-19-13/h4,6,8,13H,5,7,9-11H2,1-3H3. The van der Waals surface area contributed by atoms with Gasteiger partial charge >= 0.3 is 0 Å². The quantitative estimate of drug-likeness (QED) is 0.840. The van der Waals surface area contributed by atoms with Gasteiger partial charge in [-0.2, -0.15) is 0 Å². The Morgan fingerprint density at radius 1 is 1.47 bits per heavy atom. The van der Waals surface area contributed by atoms with Gasteiger partial charge in [-0.05, 0) is 25.0 Å². The lowest BCUT2D eigenvalue weighted by molar-refractivity contribution is -0.142. The summed E-state index contributed by atoms with van der Waals surface area (Å²) in [6.45, 7) is 7.81. The van der Waals surface area contributed by atoms with Crippen molar-refractivity contribution in [1.82, 2.24) is 4.90 Å². The minimum absolute atomic E-state index is 0.138. The summed E-state index contributed by atoms with van der Waals surface area (Å²) in [6.07, 6.45) is 3.93. The predicted octanol–water partition coefficient (Wildman–Crippen LogP) is 2.83. The molecule has 4 nitrogen and oxygen atoms in total. The molecule has 0 bridgehead atoms. The van der Waals surface area contributed by atoms with Crippen LogP contribution in [0.1, 0.15) is 39.4 Å². The maximum Gasteiger partial charge on any atom is 0.228 e. The van der Waals surface area contributed by atoms with E-state index in [2.05, 4.69) is 0 Å². The van der Waals surface area contributed by atoms with Crippen molar-refractivity contribution in [1.29, 1.82) is 0 Å². The summed E-state index contributed by atoms with van der Waals surface area (Å²) in [5.41, 5.74) is -0.384. The lowest BCUT2D eigenvalue weighted by Crippen LogP contribution is -2.42. The van der Waals surface area contributed by atoms with E-state index in [0.717, 1.165) is 25.2 Å². The van der Waals surface area contributed by atoms with E-state index < -0.39 is 0 Å². The van der Waals surface area contributed by atoms with Gasteiger partial charge in [-0.15, -0.1) is 0 Å². The molecule has 0 aliphatic carbocycles. The number of rotatable bonds is 4. The van der Waals surface area contributed by atoms with Crippen LogP contribution in [0.15, 0.2) is 22.8 Å². The van der Waals surface area contributed by atoms with Crippen LogP contribution >= 0.6 is 0 Å². The second kappa shape index (κ2) is 5.78. The Morgan fingerprint density at radius 2 is 2.26 bits per heavy atom. The molecule has 4 heteroatoms. The Kier molecular flexibility index (Phi) is 4.30. The van der Waals surface area contributed by atoms with Crippen LogP contribution in [0.4, 0.5) is 0 Å². The SMILES string of the molecule is CC(C)(C)C(=O)N(Cc1ccco1)CC1CCCO1. The molecule has 1 aromatic heterocycles. The zero-order valence-electron chi connectivity index (χ0n) is 12.0. The molecule has 2 heterocycles. The van der Waals surface area contributed by atoms with Crippen LogP contribution in [-0.4, -0.2) is 30.1 Å². The third kappa shape index (κ3) is 3.83. The van der Waals surface area contributed by atoms with Crippen molar-refractivity contribution in [2.45, 2.75) is 46.3 Å². The molecule has 1 saturated heterocycles. The first-order valence-corrected chi connectivity index (χ1v) is 6.90. The van der Waals surface area contributed by atoms with Crippen LogP contribution in [0, 0.1) is 5.41 Å². The summed E-state index contributed by atoms with van der Waals surface area (Å²) in [4.78, 5) is 14.4. The fourth-order valence-electron chi connectivity index (χ4n) is 2.32. The molecule has 0 N–H and O–H groups in total. The smallest absolute Gasteiger partial charge is 0.228 e. The number of hydrogen-bond donors (Lipinski definition) is 0. The molecule has 1 amide bonds. The minimum Gasteiger partial charge on any atom is -0.467 e. The van der Waals surface area contributed by atoms with Crippen LogP contribution in [-0.2, 0) is 16.1 Å². The first-order chi connectivity index (χ1) is 8.97. The minimum atomic E-state index is -0.384. The van der Waals surface area contributed by atoms with Gasteiger partial charge < -0.3 is 14.1 Å². The molecule has 0 radical (unpaired) electrons. The van der Waals surface area contributed by atoms with Gasteiger partial charge in [0.1, 0.15) is 5.76 Å². The van der Waals surface area contributed by atoms with E-state index in [4.69, 9.17) is 9.15 Å². The zero-order chi connectivity index (χ0) is 13.9. The van der Waals surface area contributed by atoms with Crippen molar-refractivity contribution in [3.63, 3.8) is 0 Å². The van der Waals surface area contributed by atoms with E-state index in [1.807, 2.05) is 37.8 Å². The summed E-state index contributed by atoms with van der Waals surface area (Å²) in [7, 11) is 0. The molecule has 1 unspecified atom stereocenters. The second-order valence-electron chi connectivity index (χ2n) is 6.15. The first-order valence-electron chi connectivity index (χ1n) is 6.90. The molecule has 1 aliphatic rings. The number of carbonyl (C=O) groups excluding carboxylic acids is 1. The Labute approximate surface area is 114 Å². The van der Waals surface area contributed by atoms with Gasteiger partial charge in [0.25, 0.3) is 0 Å². The molecule has 1 fully saturated rings. The normalized spacial score (nSPS) is 19.6. The van der Waals surface area contributed by atoms with Gasteiger partial charge in [0.15, 0.2) is 0 Å². The monoisotopic (exact) mass is 265 g/mol. The zero-order valence-corrected chi connectivity index (χ0v) is 12.0. The molecular formula is C15H23NO3. The molecule has 1 aromatic rings. The van der Waals surface area contributed by atoms with Gasteiger partial charge in [0.2, 0.25) is 5.91 Å². The molecular weight excluding hydrogens is 242 g/mol. The van der Waals surface area contributed by atoms with Crippen LogP contribution < -0.4 is 0 Å². The van der Waals surface area contributed by atoms with Crippen molar-refractivity contribution in [2.24, 2.45) is 5.41 Å². The lowest BCUT2D eigenvalue weighted by Gasteiger charge is -2.30. The van der Waals surface area contributed by atoms with E-state index >= 15 is 0 Å². The Hall–Kier alpha value is -1.29. The third-order valence-electron chi connectivity index (χ3n) is 3.30. The highest BCUT2D eigenvalue weighted by Crippen LogP contribution is 2.22. The third-order valence-corrected chi connectivity index (χ3v) is 3.30. The van der Waals surface area contributed by atoms with Crippen molar-refractivity contribution in [2.75, 3.05) is 13.2 Å². The van der Waals surface area contributed by atoms with Gasteiger partial charge in [-0.25, -0.2) is 0 Å². The van der Waals surface area contributed by atoms with E-state index in [9.17, 15) is 4.79 Å². The highest BCUT2D eigenvalue weighted by atomic mass is 16.5. The van der Waals surface area contributed by atoms with Crippen molar-refractivity contribution < 1.29 is 13.9 Å². The van der Waals surface area contributed by atoms with Gasteiger partial charge in [-0.3, -0.25) is 4.79 Å². The molecule has 0 spiro atoms. The predicted molar refractivity (Wildman–Crippen MR) is 72.6 cm³/mol. The molecule has 19 heavy (non-hydrogen) atoms. The van der Waals surface area contributed by atoms with Crippen molar-refractivity contribution in [3.8, 4) is 0 Å². The van der Waals surface area contributed by atoms with E-state index in [-0.39, 0.29) is 17.4 Å². The maximum atomic E-state index is 12.5. The van der Waals surface area contributed by atoms with Crippen molar-refractivity contribution >= 4 is 5.91 Å². The Bertz CT molecular complexity index is 400. The summed E-state index contributed by atoms with van der Waals surface area (Å²) in [5.74, 6) is 0.954. The van der Waals surface area contributed by atoms with E-state index in [1.165, 1.54) is 0 Å². The van der Waals surface area contributed by atoms with E-state index in [1.54, 1.807) is 6.26 Å². The number of hydrogen-bond acceptors (Lipinski definition) is 3. The number of carbonyl (C=O) groups is 1. The topological polar surface area (TPSA) is 42.7 Å². The van der Waals surface area contributed by atoms with Gasteiger partial charge in [-0.1, -0.05) is 20.8 Å². The molecule has 2 rings (SSSR count). The summed E-state index contributed by atoms with van der Waals surface area (Å²) in [5, 5.41) is 0. The largest absolute Gasteiger partial charge is 0.467 e. The Balaban J connectivity index is 2.05. The molecule has 106 valence electrons. The van der Waals surface area contributed by atoms with Crippen LogP contribution in [0.25, 0.3) is 0 Å². The second-order valence-corrected chi connectivity index (χ2v) is 6.15. The number of amides is 1. The van der Waals surface area contributed by atoms with Crippen LogP contribution in [0.3, 0.4) is 0 Å². The summed E-state index contributed by atoms with van der Waals surface area (Å²) in [6, 6.07) is 3.75. The van der Waals surface area contributed by atoms with Crippen LogP contribution in [0.2, 0.25) is 0 Å². The molecule has 0 saturated carbocycles. The number of ether oxygens (including phenoxy) is 1.